The molecule has 2 aromatic heterocycles. The molecular weight excluding hydrogens is 348 g/mol. The maximum absolute atomic E-state index is 12.6. The fourth-order valence-corrected chi connectivity index (χ4v) is 3.09. The summed E-state index contributed by atoms with van der Waals surface area (Å²) in [5, 5.41) is 8.93. The molecule has 28 heavy (non-hydrogen) atoms. The molecule has 5 heteroatoms. The average molecular weight is 368 g/mol. The fraction of sp³-hybridized carbons (Fsp3) is 0.0870. The third-order valence-corrected chi connectivity index (χ3v) is 4.49. The van der Waals surface area contributed by atoms with Gasteiger partial charge in [-0.3, -0.25) is 9.48 Å². The number of allylic oxidation sites excluding steroid dienone is 1. The van der Waals surface area contributed by atoms with E-state index in [1.807, 2.05) is 84.5 Å². The number of hydrogen-bond acceptors (Lipinski definition) is 3. The van der Waals surface area contributed by atoms with Crippen molar-refractivity contribution in [1.82, 2.24) is 19.6 Å². The summed E-state index contributed by atoms with van der Waals surface area (Å²) in [6.45, 7) is 2.62. The monoisotopic (exact) mass is 368 g/mol. The highest BCUT2D eigenvalue weighted by molar-refractivity contribution is 6.06. The number of nitrogens with zero attached hydrogens (tertiary/aromatic N) is 4. The summed E-state index contributed by atoms with van der Waals surface area (Å²) in [6.07, 6.45) is 7.00. The molecule has 0 amide bonds. The molecule has 0 atom stereocenters. The van der Waals surface area contributed by atoms with E-state index in [0.717, 1.165) is 22.5 Å². The summed E-state index contributed by atoms with van der Waals surface area (Å²) in [4.78, 5) is 12.6. The van der Waals surface area contributed by atoms with Gasteiger partial charge in [-0.25, -0.2) is 4.68 Å². The second-order valence-electron chi connectivity index (χ2n) is 6.31. The molecule has 0 aliphatic rings. The first-order valence-electron chi connectivity index (χ1n) is 9.21. The predicted molar refractivity (Wildman–Crippen MR) is 110 cm³/mol. The van der Waals surface area contributed by atoms with Crippen LogP contribution in [0, 0.1) is 0 Å². The van der Waals surface area contributed by atoms with Crippen molar-refractivity contribution in [3.8, 4) is 16.9 Å². The summed E-state index contributed by atoms with van der Waals surface area (Å²) in [5.41, 5.74) is 4.26. The molecule has 0 saturated heterocycles. The van der Waals surface area contributed by atoms with Crippen molar-refractivity contribution in [2.75, 3.05) is 0 Å². The Morgan fingerprint density at radius 2 is 1.71 bits per heavy atom. The number of carbonyl (C=O) groups is 1. The zero-order valence-electron chi connectivity index (χ0n) is 15.6. The van der Waals surface area contributed by atoms with Gasteiger partial charge in [-0.15, -0.1) is 0 Å². The lowest BCUT2D eigenvalue weighted by Gasteiger charge is -2.00. The maximum atomic E-state index is 12.6. The van der Waals surface area contributed by atoms with Gasteiger partial charge in [0.15, 0.2) is 0 Å². The average Bonchev–Trinajstić information content (AvgIpc) is 3.40. The highest BCUT2D eigenvalue weighted by Crippen LogP contribution is 2.25. The van der Waals surface area contributed by atoms with E-state index < -0.39 is 0 Å². The van der Waals surface area contributed by atoms with Gasteiger partial charge in [0.2, 0.25) is 5.78 Å². The van der Waals surface area contributed by atoms with Crippen LogP contribution in [0.25, 0.3) is 23.0 Å². The van der Waals surface area contributed by atoms with Crippen LogP contribution in [-0.4, -0.2) is 25.3 Å². The number of rotatable bonds is 6. The maximum Gasteiger partial charge on any atom is 0.203 e. The Kier molecular flexibility index (Phi) is 4.97. The first-order chi connectivity index (χ1) is 13.8. The Morgan fingerprint density at radius 3 is 2.43 bits per heavy atom. The molecule has 5 nitrogen and oxygen atoms in total. The van der Waals surface area contributed by atoms with E-state index >= 15 is 0 Å². The van der Waals surface area contributed by atoms with Gasteiger partial charge in [0.25, 0.3) is 0 Å². The van der Waals surface area contributed by atoms with E-state index in [9.17, 15) is 4.79 Å². The third kappa shape index (κ3) is 3.55. The summed E-state index contributed by atoms with van der Waals surface area (Å²) < 4.78 is 3.53. The molecule has 0 aliphatic heterocycles. The Bertz CT molecular complexity index is 1110. The van der Waals surface area contributed by atoms with Crippen molar-refractivity contribution in [2.45, 2.75) is 13.5 Å². The van der Waals surface area contributed by atoms with Crippen LogP contribution < -0.4 is 0 Å². The summed E-state index contributed by atoms with van der Waals surface area (Å²) in [5.74, 6) is -0.0779. The number of hydrogen-bond donors (Lipinski definition) is 0. The lowest BCUT2D eigenvalue weighted by molar-refractivity contribution is 0.103. The van der Waals surface area contributed by atoms with Crippen molar-refractivity contribution in [1.29, 1.82) is 0 Å². The quantitative estimate of drug-likeness (QED) is 0.368. The van der Waals surface area contributed by atoms with Crippen molar-refractivity contribution >= 4 is 11.9 Å². The van der Waals surface area contributed by atoms with E-state index in [4.69, 9.17) is 5.10 Å². The Morgan fingerprint density at radius 1 is 1.00 bits per heavy atom. The van der Waals surface area contributed by atoms with Gasteiger partial charge in [-0.05, 0) is 37.3 Å². The minimum Gasteiger partial charge on any atom is -0.288 e. The van der Waals surface area contributed by atoms with E-state index in [-0.39, 0.29) is 5.78 Å². The zero-order chi connectivity index (χ0) is 19.3. The van der Waals surface area contributed by atoms with Crippen LogP contribution in [0.5, 0.6) is 0 Å². The van der Waals surface area contributed by atoms with Crippen molar-refractivity contribution in [2.24, 2.45) is 0 Å². The highest BCUT2D eigenvalue weighted by Gasteiger charge is 2.12. The SMILES string of the molecule is CCn1nccc1C(=O)/C=C/c1cn(-c2ccccc2)nc1-c1ccccc1. The van der Waals surface area contributed by atoms with Crippen LogP contribution in [0.1, 0.15) is 23.0 Å². The van der Waals surface area contributed by atoms with Gasteiger partial charge < -0.3 is 0 Å². The summed E-state index contributed by atoms with van der Waals surface area (Å²) in [6, 6.07) is 21.6. The first-order valence-corrected chi connectivity index (χ1v) is 9.21. The van der Waals surface area contributed by atoms with Gasteiger partial charge in [-0.2, -0.15) is 10.2 Å². The first kappa shape index (κ1) is 17.7. The topological polar surface area (TPSA) is 52.7 Å². The molecule has 0 fully saturated rings. The Labute approximate surface area is 163 Å². The fourth-order valence-electron chi connectivity index (χ4n) is 3.09. The van der Waals surface area contributed by atoms with Crippen LogP contribution in [0.4, 0.5) is 0 Å². The number of aromatic nitrogens is 4. The Hall–Kier alpha value is -3.73. The lowest BCUT2D eigenvalue weighted by Crippen LogP contribution is -2.07. The van der Waals surface area contributed by atoms with Gasteiger partial charge in [0.05, 0.1) is 11.4 Å². The van der Waals surface area contributed by atoms with E-state index in [2.05, 4.69) is 5.10 Å². The molecular formula is C23H20N4O. The smallest absolute Gasteiger partial charge is 0.203 e. The minimum absolute atomic E-state index is 0.0779. The van der Waals surface area contributed by atoms with Crippen molar-refractivity contribution < 1.29 is 4.79 Å². The number of carbonyl (C=O) groups excluding carboxylic acids is 1. The van der Waals surface area contributed by atoms with E-state index in [0.29, 0.717) is 12.2 Å². The highest BCUT2D eigenvalue weighted by atomic mass is 16.1. The van der Waals surface area contributed by atoms with Crippen LogP contribution in [-0.2, 0) is 6.54 Å². The second kappa shape index (κ2) is 7.88. The normalized spacial score (nSPS) is 11.2. The van der Waals surface area contributed by atoms with Gasteiger partial charge in [0.1, 0.15) is 5.69 Å². The molecule has 0 spiro atoms. The number of aryl methyl sites for hydroxylation is 1. The molecule has 4 rings (SSSR count). The Balaban J connectivity index is 1.73. The number of para-hydroxylation sites is 1. The molecule has 4 aromatic rings. The second-order valence-corrected chi connectivity index (χ2v) is 6.31. The summed E-state index contributed by atoms with van der Waals surface area (Å²) >= 11 is 0. The van der Waals surface area contributed by atoms with Crippen LogP contribution >= 0.6 is 0 Å². The van der Waals surface area contributed by atoms with Gasteiger partial charge in [0, 0.05) is 30.1 Å². The molecule has 0 unspecified atom stereocenters. The van der Waals surface area contributed by atoms with Crippen LogP contribution in [0.15, 0.2) is 85.2 Å². The van der Waals surface area contributed by atoms with Gasteiger partial charge >= 0.3 is 0 Å². The zero-order valence-corrected chi connectivity index (χ0v) is 15.6. The predicted octanol–water partition coefficient (Wildman–Crippen LogP) is 4.65. The molecule has 2 aromatic carbocycles. The molecule has 0 aliphatic carbocycles. The van der Waals surface area contributed by atoms with Crippen molar-refractivity contribution in [3.05, 3.63) is 96.5 Å². The molecule has 138 valence electrons. The summed E-state index contributed by atoms with van der Waals surface area (Å²) in [7, 11) is 0. The number of ketones is 1. The molecule has 0 N–H and O–H groups in total. The lowest BCUT2D eigenvalue weighted by atomic mass is 10.1. The standard InChI is InChI=1S/C23H20N4O/c1-2-26-21(15-16-24-26)22(28)14-13-19-17-27(20-11-7-4-8-12-20)25-23(19)18-9-5-3-6-10-18/h3-17H,2H2,1H3/b14-13+. The van der Waals surface area contributed by atoms with E-state index in [1.54, 1.807) is 23.0 Å². The van der Waals surface area contributed by atoms with Crippen LogP contribution in [0.3, 0.4) is 0 Å². The molecule has 2 heterocycles. The molecule has 0 radical (unpaired) electrons. The van der Waals surface area contributed by atoms with Crippen molar-refractivity contribution in [3.63, 3.8) is 0 Å². The van der Waals surface area contributed by atoms with Crippen LogP contribution in [0.2, 0.25) is 0 Å². The minimum atomic E-state index is -0.0779. The van der Waals surface area contributed by atoms with E-state index in [1.165, 1.54) is 0 Å². The number of benzene rings is 2. The molecule has 0 bridgehead atoms. The largest absolute Gasteiger partial charge is 0.288 e. The third-order valence-electron chi connectivity index (χ3n) is 4.49. The molecule has 0 saturated carbocycles. The van der Waals surface area contributed by atoms with Gasteiger partial charge in [-0.1, -0.05) is 48.5 Å².